The summed E-state index contributed by atoms with van der Waals surface area (Å²) in [7, 11) is -1.28. The van der Waals surface area contributed by atoms with Crippen molar-refractivity contribution >= 4 is 28.1 Å². The minimum atomic E-state index is -1.28. The third-order valence-electron chi connectivity index (χ3n) is 2.69. The van der Waals surface area contributed by atoms with Crippen LogP contribution in [-0.4, -0.2) is 4.21 Å². The van der Waals surface area contributed by atoms with Gasteiger partial charge in [0.1, 0.15) is 5.82 Å². The van der Waals surface area contributed by atoms with Crippen molar-refractivity contribution in [1.29, 1.82) is 0 Å². The summed E-state index contributed by atoms with van der Waals surface area (Å²) < 4.78 is 25.3. The van der Waals surface area contributed by atoms with Crippen LogP contribution in [0.15, 0.2) is 41.3 Å². The highest BCUT2D eigenvalue weighted by molar-refractivity contribution is 7.84. The molecule has 0 bridgehead atoms. The normalized spacial score (nSPS) is 12.4. The molecule has 0 heterocycles. The first-order valence-electron chi connectivity index (χ1n) is 5.66. The number of halogens is 2. The Balaban J connectivity index is 2.23. The van der Waals surface area contributed by atoms with Crippen LogP contribution in [0.4, 0.5) is 10.1 Å². The van der Waals surface area contributed by atoms with Crippen molar-refractivity contribution < 1.29 is 8.60 Å². The first-order chi connectivity index (χ1) is 8.97. The van der Waals surface area contributed by atoms with E-state index in [0.29, 0.717) is 16.1 Å². The van der Waals surface area contributed by atoms with E-state index in [4.69, 9.17) is 17.3 Å². The second-order valence-electron chi connectivity index (χ2n) is 4.28. The van der Waals surface area contributed by atoms with Gasteiger partial charge in [0, 0.05) is 5.69 Å². The summed E-state index contributed by atoms with van der Waals surface area (Å²) in [6.07, 6.45) is 0. The van der Waals surface area contributed by atoms with Crippen molar-refractivity contribution in [3.05, 3.63) is 58.4 Å². The van der Waals surface area contributed by atoms with E-state index >= 15 is 0 Å². The maximum Gasteiger partial charge on any atom is 0.141 e. The number of benzene rings is 2. The molecule has 100 valence electrons. The first-order valence-corrected chi connectivity index (χ1v) is 7.35. The molecule has 0 aliphatic heterocycles. The summed E-state index contributed by atoms with van der Waals surface area (Å²) in [5.74, 6) is -0.223. The van der Waals surface area contributed by atoms with E-state index in [1.165, 1.54) is 12.1 Å². The van der Waals surface area contributed by atoms with Gasteiger partial charge in [-0.25, -0.2) is 4.39 Å². The minimum Gasteiger partial charge on any atom is -0.398 e. The molecule has 0 saturated carbocycles. The van der Waals surface area contributed by atoms with Crippen LogP contribution in [0.3, 0.4) is 0 Å². The van der Waals surface area contributed by atoms with Crippen molar-refractivity contribution in [2.45, 2.75) is 17.6 Å². The molecule has 2 aromatic carbocycles. The fraction of sp³-hybridized carbons (Fsp3) is 0.143. The van der Waals surface area contributed by atoms with Crippen molar-refractivity contribution in [3.63, 3.8) is 0 Å². The van der Waals surface area contributed by atoms with E-state index < -0.39 is 16.6 Å². The largest absolute Gasteiger partial charge is 0.398 e. The van der Waals surface area contributed by atoms with Gasteiger partial charge in [-0.2, -0.15) is 0 Å². The Morgan fingerprint density at radius 3 is 2.63 bits per heavy atom. The van der Waals surface area contributed by atoms with E-state index in [-0.39, 0.29) is 10.8 Å². The molecule has 1 unspecified atom stereocenters. The molecule has 1 atom stereocenters. The third-order valence-corrected chi connectivity index (χ3v) is 4.44. The predicted octanol–water partition coefficient (Wildman–Crippen LogP) is 3.68. The summed E-state index contributed by atoms with van der Waals surface area (Å²) in [6, 6.07) is 9.73. The average Bonchev–Trinajstić information content (AvgIpc) is 2.33. The van der Waals surface area contributed by atoms with E-state index in [9.17, 15) is 8.60 Å². The lowest BCUT2D eigenvalue weighted by Crippen LogP contribution is -2.01. The van der Waals surface area contributed by atoms with Gasteiger partial charge < -0.3 is 5.73 Å². The molecule has 0 radical (unpaired) electrons. The lowest BCUT2D eigenvalue weighted by Gasteiger charge is -2.07. The standard InChI is InChI=1S/C14H13ClFNOS/c1-9-2-5-14(13(17)6-9)19(18)8-10-3-4-12(16)11(15)7-10/h2-7H,8,17H2,1H3. The maximum absolute atomic E-state index is 13.0. The number of anilines is 1. The van der Waals surface area contributed by atoms with Crippen LogP contribution < -0.4 is 5.73 Å². The Kier molecular flexibility index (Phi) is 4.22. The molecule has 0 aromatic heterocycles. The summed E-state index contributed by atoms with van der Waals surface area (Å²) in [5.41, 5.74) is 8.09. The fourth-order valence-corrected chi connectivity index (χ4v) is 3.12. The van der Waals surface area contributed by atoms with Crippen molar-refractivity contribution in [2.24, 2.45) is 0 Å². The van der Waals surface area contributed by atoms with Crippen LogP contribution in [0.5, 0.6) is 0 Å². The Bertz CT molecular complexity index is 645. The molecule has 0 amide bonds. The summed E-state index contributed by atoms with van der Waals surface area (Å²) in [6.45, 7) is 1.92. The Morgan fingerprint density at radius 2 is 2.00 bits per heavy atom. The molecule has 0 aliphatic rings. The Hall–Kier alpha value is -1.39. The zero-order chi connectivity index (χ0) is 14.0. The predicted molar refractivity (Wildman–Crippen MR) is 77.1 cm³/mol. The van der Waals surface area contributed by atoms with Gasteiger partial charge in [0.2, 0.25) is 0 Å². The zero-order valence-corrected chi connectivity index (χ0v) is 11.9. The number of nitrogen functional groups attached to an aromatic ring is 1. The van der Waals surface area contributed by atoms with Gasteiger partial charge in [-0.05, 0) is 42.3 Å². The van der Waals surface area contributed by atoms with E-state index in [1.807, 2.05) is 13.0 Å². The van der Waals surface area contributed by atoms with Crippen LogP contribution in [0.2, 0.25) is 5.02 Å². The number of rotatable bonds is 3. The summed E-state index contributed by atoms with van der Waals surface area (Å²) in [4.78, 5) is 0.589. The van der Waals surface area contributed by atoms with E-state index in [2.05, 4.69) is 0 Å². The highest BCUT2D eigenvalue weighted by Gasteiger charge is 2.10. The summed E-state index contributed by atoms with van der Waals surface area (Å²) in [5, 5.41) is 0.0337. The van der Waals surface area contributed by atoms with Crippen molar-refractivity contribution in [2.75, 3.05) is 5.73 Å². The number of aryl methyl sites for hydroxylation is 1. The highest BCUT2D eigenvalue weighted by atomic mass is 35.5. The average molecular weight is 298 g/mol. The maximum atomic E-state index is 13.0. The highest BCUT2D eigenvalue weighted by Crippen LogP contribution is 2.22. The van der Waals surface area contributed by atoms with Gasteiger partial charge >= 0.3 is 0 Å². The summed E-state index contributed by atoms with van der Waals surface area (Å²) >= 11 is 5.70. The monoisotopic (exact) mass is 297 g/mol. The van der Waals surface area contributed by atoms with Crippen LogP contribution >= 0.6 is 11.6 Å². The van der Waals surface area contributed by atoms with Crippen LogP contribution in [0.1, 0.15) is 11.1 Å². The number of hydrogen-bond acceptors (Lipinski definition) is 2. The molecule has 0 saturated heterocycles. The van der Waals surface area contributed by atoms with Crippen molar-refractivity contribution in [1.82, 2.24) is 0 Å². The van der Waals surface area contributed by atoms with Crippen LogP contribution in [0, 0.1) is 12.7 Å². The van der Waals surface area contributed by atoms with Gasteiger partial charge in [-0.3, -0.25) is 4.21 Å². The van der Waals surface area contributed by atoms with Crippen molar-refractivity contribution in [3.8, 4) is 0 Å². The third kappa shape index (κ3) is 3.33. The smallest absolute Gasteiger partial charge is 0.141 e. The molecule has 19 heavy (non-hydrogen) atoms. The Labute approximate surface area is 118 Å². The van der Waals surface area contributed by atoms with Gasteiger partial charge in [-0.1, -0.05) is 23.7 Å². The lowest BCUT2D eigenvalue weighted by molar-refractivity contribution is 0.627. The lowest BCUT2D eigenvalue weighted by atomic mass is 10.2. The van der Waals surface area contributed by atoms with Crippen LogP contribution in [0.25, 0.3) is 0 Å². The Morgan fingerprint density at radius 1 is 1.26 bits per heavy atom. The molecule has 2 aromatic rings. The quantitative estimate of drug-likeness (QED) is 0.878. The van der Waals surface area contributed by atoms with Crippen LogP contribution in [-0.2, 0) is 16.6 Å². The molecular formula is C14H13ClFNOS. The van der Waals surface area contributed by atoms with Gasteiger partial charge in [0.25, 0.3) is 0 Å². The minimum absolute atomic E-state index is 0.0337. The van der Waals surface area contributed by atoms with Gasteiger partial charge in [0.05, 0.1) is 26.5 Å². The molecule has 2 rings (SSSR count). The molecule has 0 spiro atoms. The van der Waals surface area contributed by atoms with E-state index in [1.54, 1.807) is 18.2 Å². The van der Waals surface area contributed by atoms with Gasteiger partial charge in [0.15, 0.2) is 0 Å². The van der Waals surface area contributed by atoms with Gasteiger partial charge in [-0.15, -0.1) is 0 Å². The second kappa shape index (κ2) is 5.72. The molecule has 0 aliphatic carbocycles. The molecular weight excluding hydrogens is 285 g/mol. The molecule has 5 heteroatoms. The second-order valence-corrected chi connectivity index (χ2v) is 6.11. The SMILES string of the molecule is Cc1ccc(S(=O)Cc2ccc(F)c(Cl)c2)c(N)c1. The van der Waals surface area contributed by atoms with E-state index in [0.717, 1.165) is 5.56 Å². The number of hydrogen-bond donors (Lipinski definition) is 1. The first kappa shape index (κ1) is 14.0. The zero-order valence-electron chi connectivity index (χ0n) is 10.3. The number of nitrogens with two attached hydrogens (primary N) is 1. The fourth-order valence-electron chi connectivity index (χ4n) is 1.73. The molecule has 0 fully saturated rings. The molecule has 2 N–H and O–H groups in total. The molecule has 2 nitrogen and oxygen atoms in total. The topological polar surface area (TPSA) is 43.1 Å².